The first-order chi connectivity index (χ1) is 15.2. The number of rotatable bonds is 6. The maximum absolute atomic E-state index is 13.6. The highest BCUT2D eigenvalue weighted by molar-refractivity contribution is 7.89. The Morgan fingerprint density at radius 2 is 1.72 bits per heavy atom. The summed E-state index contributed by atoms with van der Waals surface area (Å²) in [4.78, 5) is 28.3. The maximum atomic E-state index is 13.6. The second-order valence-corrected chi connectivity index (χ2v) is 11.8. The Labute approximate surface area is 196 Å². The summed E-state index contributed by atoms with van der Waals surface area (Å²) in [5.41, 5.74) is -0.473. The van der Waals surface area contributed by atoms with Gasteiger partial charge in [-0.3, -0.25) is 9.59 Å². The molecule has 1 aromatic carbocycles. The molecular weight excluding hydrogens is 450 g/mol. The molecule has 0 unspecified atom stereocenters. The summed E-state index contributed by atoms with van der Waals surface area (Å²) in [5, 5.41) is 3.74. The molecule has 0 radical (unpaired) electrons. The zero-order valence-electron chi connectivity index (χ0n) is 19.0. The molecule has 178 valence electrons. The van der Waals surface area contributed by atoms with Gasteiger partial charge in [-0.05, 0) is 44.4 Å². The molecule has 0 aromatic heterocycles. The van der Waals surface area contributed by atoms with Crippen LogP contribution in [-0.4, -0.2) is 59.9 Å². The van der Waals surface area contributed by atoms with E-state index in [2.05, 4.69) is 5.32 Å². The molecule has 1 aliphatic carbocycles. The first-order valence-electron chi connectivity index (χ1n) is 11.5. The van der Waals surface area contributed by atoms with Crippen LogP contribution >= 0.6 is 11.6 Å². The number of carbonyl (C=O) groups is 2. The molecule has 32 heavy (non-hydrogen) atoms. The molecule has 1 saturated carbocycles. The van der Waals surface area contributed by atoms with Crippen LogP contribution in [0, 0.1) is 0 Å². The third-order valence-electron chi connectivity index (χ3n) is 6.63. The fourth-order valence-corrected chi connectivity index (χ4v) is 5.79. The van der Waals surface area contributed by atoms with Crippen LogP contribution in [-0.2, 0) is 26.2 Å². The van der Waals surface area contributed by atoms with Crippen molar-refractivity contribution in [3.63, 3.8) is 0 Å². The van der Waals surface area contributed by atoms with E-state index in [4.69, 9.17) is 11.6 Å². The van der Waals surface area contributed by atoms with Gasteiger partial charge in [0.1, 0.15) is 5.54 Å². The topological polar surface area (TPSA) is 86.8 Å². The Bertz CT molecular complexity index is 914. The lowest BCUT2D eigenvalue weighted by atomic mass is 9.92. The van der Waals surface area contributed by atoms with Gasteiger partial charge in [0.15, 0.2) is 0 Å². The smallest absolute Gasteiger partial charge is 0.247 e. The van der Waals surface area contributed by atoms with Gasteiger partial charge in [0, 0.05) is 24.2 Å². The van der Waals surface area contributed by atoms with E-state index in [1.807, 2.05) is 12.1 Å². The first-order valence-corrected chi connectivity index (χ1v) is 13.5. The molecule has 3 rings (SSSR count). The number of nitrogens with one attached hydrogen (secondary N) is 1. The van der Waals surface area contributed by atoms with Gasteiger partial charge in [-0.1, -0.05) is 55.8 Å². The number of amides is 2. The second-order valence-electron chi connectivity index (χ2n) is 9.06. The van der Waals surface area contributed by atoms with Crippen molar-refractivity contribution in [2.24, 2.45) is 0 Å². The van der Waals surface area contributed by atoms with Crippen LogP contribution in [0.5, 0.6) is 0 Å². The van der Waals surface area contributed by atoms with Crippen molar-refractivity contribution in [1.29, 1.82) is 0 Å². The molecule has 0 spiro atoms. The Balaban J connectivity index is 1.88. The molecule has 1 aromatic rings. The molecule has 2 amide bonds. The number of sulfonamides is 1. The minimum Gasteiger partial charge on any atom is -0.351 e. The number of carbonyl (C=O) groups excluding carboxylic acids is 2. The highest BCUT2D eigenvalue weighted by Crippen LogP contribution is 2.28. The Morgan fingerprint density at radius 1 is 1.12 bits per heavy atom. The van der Waals surface area contributed by atoms with Crippen molar-refractivity contribution in [1.82, 2.24) is 14.5 Å². The number of hydrogen-bond acceptors (Lipinski definition) is 4. The van der Waals surface area contributed by atoms with Gasteiger partial charge in [0.05, 0.1) is 12.3 Å². The summed E-state index contributed by atoms with van der Waals surface area (Å²) in [6.07, 6.45) is 7.48. The lowest BCUT2D eigenvalue weighted by Gasteiger charge is -2.47. The van der Waals surface area contributed by atoms with Crippen molar-refractivity contribution >= 4 is 33.4 Å². The average Bonchev–Trinajstić information content (AvgIpc) is 2.73. The van der Waals surface area contributed by atoms with E-state index in [1.54, 1.807) is 26.0 Å². The number of piperazine rings is 1. The SMILES string of the molecule is CCS(=O)(=O)N1CC(=O)N(Cc2ccc(Cl)cc2)[C@](C)(C(=O)NC2CCCCCCC2)C1. The summed E-state index contributed by atoms with van der Waals surface area (Å²) >= 11 is 5.99. The molecule has 1 saturated heterocycles. The predicted octanol–water partition coefficient (Wildman–Crippen LogP) is 3.32. The molecule has 9 heteroatoms. The van der Waals surface area contributed by atoms with Crippen LogP contribution < -0.4 is 5.32 Å². The molecule has 1 atom stereocenters. The monoisotopic (exact) mass is 483 g/mol. The van der Waals surface area contributed by atoms with Crippen molar-refractivity contribution in [3.8, 4) is 0 Å². The van der Waals surface area contributed by atoms with Crippen molar-refractivity contribution in [3.05, 3.63) is 34.9 Å². The van der Waals surface area contributed by atoms with Crippen LogP contribution in [0.4, 0.5) is 0 Å². The van der Waals surface area contributed by atoms with E-state index in [-0.39, 0.29) is 43.2 Å². The molecule has 0 bridgehead atoms. The standard InChI is InChI=1S/C23H34ClN3O4S/c1-3-32(30,31)26-16-21(28)27(15-18-11-13-19(24)14-12-18)23(2,17-26)22(29)25-20-9-7-5-4-6-8-10-20/h11-14,20H,3-10,15-17H2,1-2H3,(H,25,29)/t23-/m0/s1. The Morgan fingerprint density at radius 3 is 2.31 bits per heavy atom. The maximum Gasteiger partial charge on any atom is 0.247 e. The minimum absolute atomic E-state index is 0.0465. The third kappa shape index (κ3) is 5.83. The molecule has 1 N–H and O–H groups in total. The lowest BCUT2D eigenvalue weighted by Crippen LogP contribution is -2.70. The van der Waals surface area contributed by atoms with Crippen LogP contribution in [0.15, 0.2) is 24.3 Å². The van der Waals surface area contributed by atoms with Crippen molar-refractivity contribution < 1.29 is 18.0 Å². The summed E-state index contributed by atoms with van der Waals surface area (Å²) in [6, 6.07) is 7.16. The van der Waals surface area contributed by atoms with Gasteiger partial charge in [0.2, 0.25) is 21.8 Å². The fraction of sp³-hybridized carbons (Fsp3) is 0.652. The van der Waals surface area contributed by atoms with Gasteiger partial charge in [-0.15, -0.1) is 0 Å². The van der Waals surface area contributed by atoms with Crippen LogP contribution in [0.2, 0.25) is 5.02 Å². The highest BCUT2D eigenvalue weighted by atomic mass is 35.5. The normalized spacial score (nSPS) is 24.1. The summed E-state index contributed by atoms with van der Waals surface area (Å²) in [6.45, 7) is 3.13. The van der Waals surface area contributed by atoms with Crippen LogP contribution in [0.25, 0.3) is 0 Å². The Kier molecular flexibility index (Phi) is 8.22. The predicted molar refractivity (Wildman–Crippen MR) is 126 cm³/mol. The highest BCUT2D eigenvalue weighted by Gasteiger charge is 2.50. The molecule has 2 aliphatic rings. The third-order valence-corrected chi connectivity index (χ3v) is 8.66. The van der Waals surface area contributed by atoms with Gasteiger partial charge in [-0.2, -0.15) is 4.31 Å². The van der Waals surface area contributed by atoms with E-state index in [0.717, 1.165) is 48.4 Å². The number of hydrogen-bond donors (Lipinski definition) is 1. The quantitative estimate of drug-likeness (QED) is 0.672. The van der Waals surface area contributed by atoms with E-state index in [1.165, 1.54) is 11.3 Å². The van der Waals surface area contributed by atoms with Crippen molar-refractivity contribution in [2.75, 3.05) is 18.8 Å². The number of benzene rings is 1. The van der Waals surface area contributed by atoms with Gasteiger partial charge < -0.3 is 10.2 Å². The summed E-state index contributed by atoms with van der Waals surface area (Å²) in [7, 11) is -3.62. The van der Waals surface area contributed by atoms with Crippen molar-refractivity contribution in [2.45, 2.75) is 76.9 Å². The zero-order valence-corrected chi connectivity index (χ0v) is 20.6. The number of halogens is 1. The molecule has 1 aliphatic heterocycles. The summed E-state index contributed by atoms with van der Waals surface area (Å²) < 4.78 is 26.3. The van der Waals surface area contributed by atoms with E-state index < -0.39 is 15.6 Å². The molecular formula is C23H34ClN3O4S. The van der Waals surface area contributed by atoms with Gasteiger partial charge in [0.25, 0.3) is 0 Å². The van der Waals surface area contributed by atoms with Crippen LogP contribution in [0.3, 0.4) is 0 Å². The molecule has 2 fully saturated rings. The second kappa shape index (κ2) is 10.5. The number of nitrogens with zero attached hydrogens (tertiary/aromatic N) is 2. The van der Waals surface area contributed by atoms with E-state index in [9.17, 15) is 18.0 Å². The largest absolute Gasteiger partial charge is 0.351 e. The first kappa shape index (κ1) is 25.0. The molecule has 1 heterocycles. The fourth-order valence-electron chi connectivity index (χ4n) is 4.55. The summed E-state index contributed by atoms with van der Waals surface area (Å²) in [5.74, 6) is -0.780. The van der Waals surface area contributed by atoms with Gasteiger partial charge >= 0.3 is 0 Å². The minimum atomic E-state index is -3.62. The zero-order chi connectivity index (χ0) is 23.4. The van der Waals surface area contributed by atoms with E-state index in [0.29, 0.717) is 5.02 Å². The average molecular weight is 484 g/mol. The Hall–Kier alpha value is -1.64. The molecule has 7 nitrogen and oxygen atoms in total. The van der Waals surface area contributed by atoms with Gasteiger partial charge in [-0.25, -0.2) is 8.42 Å². The van der Waals surface area contributed by atoms with E-state index >= 15 is 0 Å². The lowest BCUT2D eigenvalue weighted by molar-refractivity contribution is -0.154. The van der Waals surface area contributed by atoms with Crippen LogP contribution in [0.1, 0.15) is 64.4 Å².